The summed E-state index contributed by atoms with van der Waals surface area (Å²) in [7, 11) is 0. The predicted molar refractivity (Wildman–Crippen MR) is 79.0 cm³/mol. The standard InChI is InChI=1S/C13H16N6O2/c1-2-5-15-12-11(19(20)21)13(18-9-17-12)16-8-10-3-6-14-7-4-10/h3-4,6-7,9H,2,5,8H2,1H3,(H2,15,16,17,18). The zero-order valence-corrected chi connectivity index (χ0v) is 11.6. The van der Waals surface area contributed by atoms with Gasteiger partial charge in [-0.3, -0.25) is 15.1 Å². The second-order valence-electron chi connectivity index (χ2n) is 4.31. The lowest BCUT2D eigenvalue weighted by atomic mass is 10.2. The summed E-state index contributed by atoms with van der Waals surface area (Å²) in [5.41, 5.74) is 0.820. The van der Waals surface area contributed by atoms with Gasteiger partial charge in [-0.1, -0.05) is 6.92 Å². The van der Waals surface area contributed by atoms with Crippen molar-refractivity contribution in [1.82, 2.24) is 15.0 Å². The van der Waals surface area contributed by atoms with Crippen molar-refractivity contribution in [2.75, 3.05) is 17.2 Å². The highest BCUT2D eigenvalue weighted by molar-refractivity contribution is 5.69. The Kier molecular flexibility index (Phi) is 4.97. The summed E-state index contributed by atoms with van der Waals surface area (Å²) in [5.74, 6) is 0.430. The third-order valence-corrected chi connectivity index (χ3v) is 2.76. The van der Waals surface area contributed by atoms with Gasteiger partial charge < -0.3 is 10.6 Å². The average Bonchev–Trinajstić information content (AvgIpc) is 2.51. The molecule has 0 radical (unpaired) electrons. The molecule has 2 aromatic rings. The highest BCUT2D eigenvalue weighted by Gasteiger charge is 2.22. The third kappa shape index (κ3) is 3.85. The Morgan fingerprint density at radius 1 is 1.19 bits per heavy atom. The Hall–Kier alpha value is -2.77. The predicted octanol–water partition coefficient (Wildman–Crippen LogP) is 2.21. The van der Waals surface area contributed by atoms with Gasteiger partial charge in [-0.25, -0.2) is 9.97 Å². The Morgan fingerprint density at radius 3 is 2.48 bits per heavy atom. The van der Waals surface area contributed by atoms with Crippen LogP contribution in [-0.4, -0.2) is 26.4 Å². The average molecular weight is 288 g/mol. The first kappa shape index (κ1) is 14.6. The van der Waals surface area contributed by atoms with Gasteiger partial charge in [-0.05, 0) is 24.1 Å². The van der Waals surface area contributed by atoms with Crippen LogP contribution in [-0.2, 0) is 6.54 Å². The molecular formula is C13H16N6O2. The minimum Gasteiger partial charge on any atom is -0.364 e. The van der Waals surface area contributed by atoms with Crippen molar-refractivity contribution in [3.05, 3.63) is 46.5 Å². The first-order chi connectivity index (χ1) is 10.2. The van der Waals surface area contributed by atoms with Gasteiger partial charge in [0.1, 0.15) is 6.33 Å². The maximum atomic E-state index is 11.3. The summed E-state index contributed by atoms with van der Waals surface area (Å²) in [4.78, 5) is 22.6. The number of rotatable bonds is 7. The Balaban J connectivity index is 2.20. The first-order valence-electron chi connectivity index (χ1n) is 6.58. The summed E-state index contributed by atoms with van der Waals surface area (Å²) >= 11 is 0. The molecule has 0 aliphatic carbocycles. The van der Waals surface area contributed by atoms with Gasteiger partial charge in [-0.2, -0.15) is 0 Å². The largest absolute Gasteiger partial charge is 0.364 e. The van der Waals surface area contributed by atoms with Crippen LogP contribution in [0.1, 0.15) is 18.9 Å². The number of aromatic nitrogens is 3. The van der Waals surface area contributed by atoms with E-state index in [1.165, 1.54) is 6.33 Å². The molecule has 0 atom stereocenters. The zero-order valence-electron chi connectivity index (χ0n) is 11.6. The first-order valence-corrected chi connectivity index (χ1v) is 6.58. The Bertz CT molecular complexity index is 605. The van der Waals surface area contributed by atoms with E-state index in [1.807, 2.05) is 19.1 Å². The monoisotopic (exact) mass is 288 g/mol. The Morgan fingerprint density at radius 2 is 1.86 bits per heavy atom. The fraction of sp³-hybridized carbons (Fsp3) is 0.308. The lowest BCUT2D eigenvalue weighted by Gasteiger charge is -2.09. The molecule has 21 heavy (non-hydrogen) atoms. The van der Waals surface area contributed by atoms with Crippen molar-refractivity contribution in [2.45, 2.75) is 19.9 Å². The number of nitro groups is 1. The maximum Gasteiger partial charge on any atom is 0.353 e. The van der Waals surface area contributed by atoms with E-state index in [1.54, 1.807) is 12.4 Å². The molecule has 0 aromatic carbocycles. The van der Waals surface area contributed by atoms with Crippen molar-refractivity contribution < 1.29 is 4.92 Å². The SMILES string of the molecule is CCCNc1ncnc(NCc2ccncc2)c1[N+](=O)[O-]. The summed E-state index contributed by atoms with van der Waals surface area (Å²) in [6.07, 6.45) is 5.49. The van der Waals surface area contributed by atoms with Crippen LogP contribution in [0.2, 0.25) is 0 Å². The molecule has 2 heterocycles. The number of nitrogens with zero attached hydrogens (tertiary/aromatic N) is 4. The van der Waals surface area contributed by atoms with Gasteiger partial charge in [-0.15, -0.1) is 0 Å². The number of anilines is 2. The topological polar surface area (TPSA) is 106 Å². The van der Waals surface area contributed by atoms with Crippen molar-refractivity contribution in [3.8, 4) is 0 Å². The van der Waals surface area contributed by atoms with E-state index < -0.39 is 4.92 Å². The van der Waals surface area contributed by atoms with Crippen molar-refractivity contribution in [2.24, 2.45) is 0 Å². The smallest absolute Gasteiger partial charge is 0.353 e. The van der Waals surface area contributed by atoms with Gasteiger partial charge in [0.25, 0.3) is 0 Å². The normalized spacial score (nSPS) is 10.1. The second-order valence-corrected chi connectivity index (χ2v) is 4.31. The molecule has 8 nitrogen and oxygen atoms in total. The van der Waals surface area contributed by atoms with Crippen LogP contribution >= 0.6 is 0 Å². The molecule has 8 heteroatoms. The zero-order chi connectivity index (χ0) is 15.1. The quantitative estimate of drug-likeness (QED) is 0.594. The molecule has 2 aromatic heterocycles. The molecule has 0 aliphatic rings. The lowest BCUT2D eigenvalue weighted by Crippen LogP contribution is -2.10. The molecule has 0 saturated heterocycles. The van der Waals surface area contributed by atoms with E-state index in [0.29, 0.717) is 13.1 Å². The van der Waals surface area contributed by atoms with E-state index in [-0.39, 0.29) is 17.3 Å². The number of nitrogens with one attached hydrogen (secondary N) is 2. The van der Waals surface area contributed by atoms with Crippen LogP contribution in [0.5, 0.6) is 0 Å². The van der Waals surface area contributed by atoms with Crippen LogP contribution in [0.15, 0.2) is 30.9 Å². The number of hydrogen-bond acceptors (Lipinski definition) is 7. The van der Waals surface area contributed by atoms with Crippen LogP contribution in [0, 0.1) is 10.1 Å². The fourth-order valence-corrected chi connectivity index (χ4v) is 1.74. The highest BCUT2D eigenvalue weighted by Crippen LogP contribution is 2.28. The van der Waals surface area contributed by atoms with E-state index in [2.05, 4.69) is 25.6 Å². The summed E-state index contributed by atoms with van der Waals surface area (Å²) in [5, 5.41) is 17.2. The minimum absolute atomic E-state index is 0.139. The molecule has 0 aliphatic heterocycles. The van der Waals surface area contributed by atoms with E-state index >= 15 is 0 Å². The van der Waals surface area contributed by atoms with Crippen molar-refractivity contribution in [1.29, 1.82) is 0 Å². The molecule has 0 spiro atoms. The van der Waals surface area contributed by atoms with Gasteiger partial charge in [0.05, 0.1) is 4.92 Å². The lowest BCUT2D eigenvalue weighted by molar-refractivity contribution is -0.383. The van der Waals surface area contributed by atoms with E-state index in [9.17, 15) is 10.1 Å². The van der Waals surface area contributed by atoms with Crippen molar-refractivity contribution in [3.63, 3.8) is 0 Å². The van der Waals surface area contributed by atoms with Gasteiger partial charge in [0.15, 0.2) is 0 Å². The Labute approximate surface area is 121 Å². The molecule has 0 fully saturated rings. The number of hydrogen-bond donors (Lipinski definition) is 2. The van der Waals surface area contributed by atoms with E-state index in [0.717, 1.165) is 12.0 Å². The second kappa shape index (κ2) is 7.13. The van der Waals surface area contributed by atoms with Crippen LogP contribution in [0.4, 0.5) is 17.3 Å². The van der Waals surface area contributed by atoms with Crippen LogP contribution in [0.25, 0.3) is 0 Å². The van der Waals surface area contributed by atoms with E-state index in [4.69, 9.17) is 0 Å². The molecule has 2 rings (SSSR count). The fourth-order valence-electron chi connectivity index (χ4n) is 1.74. The highest BCUT2D eigenvalue weighted by atomic mass is 16.6. The van der Waals surface area contributed by atoms with Gasteiger partial charge in [0.2, 0.25) is 11.6 Å². The molecule has 110 valence electrons. The molecule has 2 N–H and O–H groups in total. The van der Waals surface area contributed by atoms with Crippen LogP contribution < -0.4 is 10.6 Å². The molecular weight excluding hydrogens is 272 g/mol. The molecule has 0 amide bonds. The third-order valence-electron chi connectivity index (χ3n) is 2.76. The van der Waals surface area contributed by atoms with Crippen molar-refractivity contribution >= 4 is 17.3 Å². The number of pyridine rings is 1. The summed E-state index contributed by atoms with van der Waals surface area (Å²) in [6.45, 7) is 3.01. The molecule has 0 saturated carbocycles. The van der Waals surface area contributed by atoms with Crippen LogP contribution in [0.3, 0.4) is 0 Å². The van der Waals surface area contributed by atoms with Gasteiger partial charge >= 0.3 is 5.69 Å². The van der Waals surface area contributed by atoms with Gasteiger partial charge in [0, 0.05) is 25.5 Å². The maximum absolute atomic E-state index is 11.3. The summed E-state index contributed by atoms with van der Waals surface area (Å²) < 4.78 is 0. The minimum atomic E-state index is -0.479. The molecule has 0 unspecified atom stereocenters. The molecule has 0 bridgehead atoms. The summed E-state index contributed by atoms with van der Waals surface area (Å²) in [6, 6.07) is 3.66.